The minimum absolute atomic E-state index is 0.135. The molecule has 0 atom stereocenters. The summed E-state index contributed by atoms with van der Waals surface area (Å²) in [6, 6.07) is 12.7. The molecule has 0 saturated heterocycles. The Balaban J connectivity index is 1.82. The van der Waals surface area contributed by atoms with E-state index in [0.717, 1.165) is 17.1 Å². The fraction of sp³-hybridized carbons (Fsp3) is 0.150. The molecule has 0 spiro atoms. The highest BCUT2D eigenvalue weighted by Crippen LogP contribution is 2.25. The van der Waals surface area contributed by atoms with Crippen molar-refractivity contribution in [1.29, 1.82) is 0 Å². The highest BCUT2D eigenvalue weighted by Gasteiger charge is 2.17. The first kappa shape index (κ1) is 18.5. The molecule has 0 saturated carbocycles. The largest absolute Gasteiger partial charge is 0.485 e. The SMILES string of the molecule is Cc1cc(C(=O)COc2cc(Cl)cc(Cl)c2)c(C)n1-c1ccc(F)cc1. The summed E-state index contributed by atoms with van der Waals surface area (Å²) < 4.78 is 20.6. The minimum atomic E-state index is -0.305. The van der Waals surface area contributed by atoms with E-state index in [4.69, 9.17) is 27.9 Å². The van der Waals surface area contributed by atoms with Crippen LogP contribution in [0.2, 0.25) is 10.0 Å². The van der Waals surface area contributed by atoms with Crippen LogP contribution in [0, 0.1) is 19.7 Å². The molecule has 2 aromatic carbocycles. The van der Waals surface area contributed by atoms with Crippen LogP contribution in [0.25, 0.3) is 5.69 Å². The van der Waals surface area contributed by atoms with Crippen molar-refractivity contribution in [2.24, 2.45) is 0 Å². The van der Waals surface area contributed by atoms with Crippen LogP contribution in [-0.2, 0) is 0 Å². The third-order valence-corrected chi connectivity index (χ3v) is 4.46. The van der Waals surface area contributed by atoms with Crippen LogP contribution in [0.1, 0.15) is 21.7 Å². The second-order valence-electron chi connectivity index (χ2n) is 5.91. The van der Waals surface area contributed by atoms with Crippen LogP contribution >= 0.6 is 23.2 Å². The van der Waals surface area contributed by atoms with E-state index in [1.807, 2.05) is 18.4 Å². The fourth-order valence-corrected chi connectivity index (χ4v) is 3.38. The summed E-state index contributed by atoms with van der Waals surface area (Å²) >= 11 is 11.9. The summed E-state index contributed by atoms with van der Waals surface area (Å²) in [6.07, 6.45) is 0. The number of carbonyl (C=O) groups excluding carboxylic acids is 1. The Morgan fingerprint density at radius 3 is 2.27 bits per heavy atom. The summed E-state index contributed by atoms with van der Waals surface area (Å²) in [5.41, 5.74) is 3.00. The maximum absolute atomic E-state index is 13.2. The molecular weight excluding hydrogens is 376 g/mol. The van der Waals surface area contributed by atoms with Gasteiger partial charge in [-0.05, 0) is 62.4 Å². The number of Topliss-reactive ketones (excluding diaryl/α,β-unsaturated/α-hetero) is 1. The molecule has 134 valence electrons. The van der Waals surface area contributed by atoms with E-state index >= 15 is 0 Å². The maximum atomic E-state index is 13.2. The van der Waals surface area contributed by atoms with Gasteiger partial charge < -0.3 is 9.30 Å². The van der Waals surface area contributed by atoms with Crippen molar-refractivity contribution < 1.29 is 13.9 Å². The van der Waals surface area contributed by atoms with E-state index < -0.39 is 0 Å². The van der Waals surface area contributed by atoms with Gasteiger partial charge in [-0.25, -0.2) is 4.39 Å². The molecule has 26 heavy (non-hydrogen) atoms. The lowest BCUT2D eigenvalue weighted by Gasteiger charge is -2.10. The molecule has 3 nitrogen and oxygen atoms in total. The highest BCUT2D eigenvalue weighted by molar-refractivity contribution is 6.34. The molecule has 0 fully saturated rings. The number of ketones is 1. The fourth-order valence-electron chi connectivity index (χ4n) is 2.87. The Hall–Kier alpha value is -2.30. The number of aromatic nitrogens is 1. The number of hydrogen-bond acceptors (Lipinski definition) is 2. The van der Waals surface area contributed by atoms with Gasteiger partial charge in [0.15, 0.2) is 6.61 Å². The summed E-state index contributed by atoms with van der Waals surface area (Å²) in [5, 5.41) is 0.879. The van der Waals surface area contributed by atoms with Gasteiger partial charge in [-0.3, -0.25) is 4.79 Å². The molecule has 0 aliphatic heterocycles. The predicted octanol–water partition coefficient (Wildman–Crippen LogP) is 5.80. The molecule has 1 heterocycles. The van der Waals surface area contributed by atoms with E-state index in [1.54, 1.807) is 36.4 Å². The Morgan fingerprint density at radius 2 is 1.65 bits per heavy atom. The number of benzene rings is 2. The molecule has 3 rings (SSSR count). The van der Waals surface area contributed by atoms with Crippen molar-refractivity contribution >= 4 is 29.0 Å². The normalized spacial score (nSPS) is 10.8. The third kappa shape index (κ3) is 3.92. The van der Waals surface area contributed by atoms with Crippen LogP contribution in [0.15, 0.2) is 48.5 Å². The molecule has 0 amide bonds. The maximum Gasteiger partial charge on any atom is 0.202 e. The zero-order chi connectivity index (χ0) is 18.8. The van der Waals surface area contributed by atoms with E-state index in [-0.39, 0.29) is 18.2 Å². The van der Waals surface area contributed by atoms with Crippen LogP contribution in [0.3, 0.4) is 0 Å². The number of aryl methyl sites for hydroxylation is 1. The average Bonchev–Trinajstić information content (AvgIpc) is 2.87. The van der Waals surface area contributed by atoms with E-state index in [0.29, 0.717) is 21.4 Å². The Morgan fingerprint density at radius 1 is 1.04 bits per heavy atom. The van der Waals surface area contributed by atoms with Crippen molar-refractivity contribution in [3.63, 3.8) is 0 Å². The zero-order valence-corrected chi connectivity index (χ0v) is 15.7. The van der Waals surface area contributed by atoms with Gasteiger partial charge in [-0.15, -0.1) is 0 Å². The first-order valence-electron chi connectivity index (χ1n) is 7.92. The van der Waals surface area contributed by atoms with Gasteiger partial charge in [0.25, 0.3) is 0 Å². The van der Waals surface area contributed by atoms with Gasteiger partial charge in [-0.2, -0.15) is 0 Å². The lowest BCUT2D eigenvalue weighted by Crippen LogP contribution is -2.12. The topological polar surface area (TPSA) is 31.2 Å². The van der Waals surface area contributed by atoms with Gasteiger partial charge in [0.05, 0.1) is 0 Å². The van der Waals surface area contributed by atoms with Crippen molar-refractivity contribution in [3.8, 4) is 11.4 Å². The van der Waals surface area contributed by atoms with Gasteiger partial charge in [0.2, 0.25) is 5.78 Å². The lowest BCUT2D eigenvalue weighted by atomic mass is 10.1. The molecule has 0 bridgehead atoms. The van der Waals surface area contributed by atoms with Crippen LogP contribution in [0.4, 0.5) is 4.39 Å². The summed E-state index contributed by atoms with van der Waals surface area (Å²) in [6.45, 7) is 3.61. The molecule has 0 unspecified atom stereocenters. The Labute approximate surface area is 160 Å². The second kappa shape index (κ2) is 7.52. The van der Waals surface area contributed by atoms with Gasteiger partial charge in [0, 0.05) is 32.7 Å². The van der Waals surface area contributed by atoms with Crippen molar-refractivity contribution in [2.45, 2.75) is 13.8 Å². The molecule has 0 N–H and O–H groups in total. The first-order valence-corrected chi connectivity index (χ1v) is 8.67. The predicted molar refractivity (Wildman–Crippen MR) is 101 cm³/mol. The summed E-state index contributed by atoms with van der Waals surface area (Å²) in [4.78, 5) is 12.6. The van der Waals surface area contributed by atoms with Crippen molar-refractivity contribution in [2.75, 3.05) is 6.61 Å². The number of ether oxygens (including phenoxy) is 1. The van der Waals surface area contributed by atoms with Crippen LogP contribution in [-0.4, -0.2) is 17.0 Å². The Kier molecular flexibility index (Phi) is 5.35. The van der Waals surface area contributed by atoms with E-state index in [9.17, 15) is 9.18 Å². The van der Waals surface area contributed by atoms with Gasteiger partial charge in [0.1, 0.15) is 11.6 Å². The second-order valence-corrected chi connectivity index (χ2v) is 6.79. The number of hydrogen-bond donors (Lipinski definition) is 0. The molecule has 1 aromatic heterocycles. The monoisotopic (exact) mass is 391 g/mol. The number of rotatable bonds is 5. The van der Waals surface area contributed by atoms with E-state index in [2.05, 4.69) is 0 Å². The molecule has 0 aliphatic carbocycles. The summed E-state index contributed by atoms with van der Waals surface area (Å²) in [7, 11) is 0. The number of nitrogens with zero attached hydrogens (tertiary/aromatic N) is 1. The zero-order valence-electron chi connectivity index (χ0n) is 14.2. The lowest BCUT2D eigenvalue weighted by molar-refractivity contribution is 0.0921. The molecule has 0 radical (unpaired) electrons. The highest BCUT2D eigenvalue weighted by atomic mass is 35.5. The third-order valence-electron chi connectivity index (χ3n) is 4.02. The number of carbonyl (C=O) groups is 1. The van der Waals surface area contributed by atoms with Crippen molar-refractivity contribution in [1.82, 2.24) is 4.57 Å². The standard InChI is InChI=1S/C20H16Cl2FNO2/c1-12-7-19(13(2)24(12)17-5-3-16(23)4-6-17)20(25)11-26-18-9-14(21)8-15(22)10-18/h3-10H,11H2,1-2H3. The van der Waals surface area contributed by atoms with Gasteiger partial charge >= 0.3 is 0 Å². The molecule has 6 heteroatoms. The first-order chi connectivity index (χ1) is 12.3. The average molecular weight is 392 g/mol. The minimum Gasteiger partial charge on any atom is -0.485 e. The molecular formula is C20H16Cl2FNO2. The van der Waals surface area contributed by atoms with Gasteiger partial charge in [-0.1, -0.05) is 23.2 Å². The Bertz CT molecular complexity index is 944. The quantitative estimate of drug-likeness (QED) is 0.514. The summed E-state index contributed by atoms with van der Waals surface area (Å²) in [5.74, 6) is -0.0353. The van der Waals surface area contributed by atoms with Crippen molar-refractivity contribution in [3.05, 3.63) is 81.3 Å². The molecule has 3 aromatic rings. The van der Waals surface area contributed by atoms with Crippen LogP contribution < -0.4 is 4.74 Å². The smallest absolute Gasteiger partial charge is 0.202 e. The van der Waals surface area contributed by atoms with Crippen LogP contribution in [0.5, 0.6) is 5.75 Å². The number of halogens is 3. The molecule has 0 aliphatic rings. The van der Waals surface area contributed by atoms with E-state index in [1.165, 1.54) is 12.1 Å².